The zero-order chi connectivity index (χ0) is 16.4. The highest BCUT2D eigenvalue weighted by Gasteiger charge is 2.28. The van der Waals surface area contributed by atoms with E-state index in [2.05, 4.69) is 20.0 Å². The van der Waals surface area contributed by atoms with E-state index in [4.69, 9.17) is 4.52 Å². The van der Waals surface area contributed by atoms with Gasteiger partial charge in [-0.25, -0.2) is 4.39 Å². The van der Waals surface area contributed by atoms with E-state index >= 15 is 0 Å². The van der Waals surface area contributed by atoms with Gasteiger partial charge in [0, 0.05) is 31.0 Å². The number of aromatic nitrogens is 3. The smallest absolute Gasteiger partial charge is 0.231 e. The van der Waals surface area contributed by atoms with Crippen LogP contribution in [-0.4, -0.2) is 33.1 Å². The Morgan fingerprint density at radius 1 is 1.25 bits per heavy atom. The molecule has 5 nitrogen and oxygen atoms in total. The first kappa shape index (κ1) is 15.0. The Morgan fingerprint density at radius 2 is 2.21 bits per heavy atom. The van der Waals surface area contributed by atoms with Gasteiger partial charge in [0.2, 0.25) is 11.7 Å². The van der Waals surface area contributed by atoms with E-state index in [1.807, 2.05) is 18.2 Å². The molecule has 122 valence electrons. The molecule has 4 rings (SSSR count). The fourth-order valence-electron chi connectivity index (χ4n) is 3.08. The molecule has 1 atom stereocenters. The van der Waals surface area contributed by atoms with Crippen molar-refractivity contribution in [1.82, 2.24) is 20.0 Å². The lowest BCUT2D eigenvalue weighted by Crippen LogP contribution is -2.19. The van der Waals surface area contributed by atoms with Crippen molar-refractivity contribution in [3.05, 3.63) is 66.1 Å². The number of hydrogen-bond acceptors (Lipinski definition) is 5. The fraction of sp³-hybridized carbons (Fsp3) is 0.278. The molecule has 1 saturated heterocycles. The Hall–Kier alpha value is -2.60. The lowest BCUT2D eigenvalue weighted by Gasteiger charge is -2.15. The highest BCUT2D eigenvalue weighted by molar-refractivity contribution is 5.51. The molecule has 0 N–H and O–H groups in total. The molecule has 0 unspecified atom stereocenters. The Bertz CT molecular complexity index is 821. The number of pyridine rings is 1. The van der Waals surface area contributed by atoms with Gasteiger partial charge in [-0.05, 0) is 42.8 Å². The van der Waals surface area contributed by atoms with E-state index in [1.165, 1.54) is 6.07 Å². The summed E-state index contributed by atoms with van der Waals surface area (Å²) in [5.41, 5.74) is 1.83. The maximum Gasteiger partial charge on any atom is 0.231 e. The van der Waals surface area contributed by atoms with Crippen LogP contribution < -0.4 is 0 Å². The molecule has 0 radical (unpaired) electrons. The zero-order valence-corrected chi connectivity index (χ0v) is 13.1. The summed E-state index contributed by atoms with van der Waals surface area (Å²) in [7, 11) is 0. The van der Waals surface area contributed by atoms with Gasteiger partial charge >= 0.3 is 0 Å². The zero-order valence-electron chi connectivity index (χ0n) is 13.1. The van der Waals surface area contributed by atoms with Crippen molar-refractivity contribution in [1.29, 1.82) is 0 Å². The molecule has 0 bridgehead atoms. The molecule has 1 aliphatic heterocycles. The third-order valence-corrected chi connectivity index (χ3v) is 4.28. The molecule has 3 heterocycles. The van der Waals surface area contributed by atoms with Crippen molar-refractivity contribution >= 4 is 0 Å². The molecular formula is C18H17FN4O. The van der Waals surface area contributed by atoms with E-state index in [9.17, 15) is 4.39 Å². The molecule has 1 fully saturated rings. The monoisotopic (exact) mass is 324 g/mol. The normalized spacial score (nSPS) is 18.1. The van der Waals surface area contributed by atoms with Crippen LogP contribution in [-0.2, 0) is 6.54 Å². The Morgan fingerprint density at radius 3 is 3.04 bits per heavy atom. The van der Waals surface area contributed by atoms with E-state index in [1.54, 1.807) is 24.5 Å². The minimum atomic E-state index is -0.193. The first-order chi connectivity index (χ1) is 11.8. The van der Waals surface area contributed by atoms with Crippen molar-refractivity contribution in [2.24, 2.45) is 0 Å². The van der Waals surface area contributed by atoms with E-state index < -0.39 is 0 Å². The van der Waals surface area contributed by atoms with Crippen molar-refractivity contribution in [3.63, 3.8) is 0 Å². The van der Waals surface area contributed by atoms with Gasteiger partial charge in [-0.1, -0.05) is 17.3 Å². The number of halogens is 1. The number of hydrogen-bond donors (Lipinski definition) is 0. The predicted molar refractivity (Wildman–Crippen MR) is 86.6 cm³/mol. The standard InChI is InChI=1S/C18H17FN4O/c19-16-5-1-3-13(9-16)11-23-8-6-15(12-23)18-21-17(22-24-18)14-4-2-7-20-10-14/h1-5,7,9-10,15H,6,8,11-12H2/t15-/m0/s1. The molecule has 0 aliphatic carbocycles. The van der Waals surface area contributed by atoms with Crippen LogP contribution >= 0.6 is 0 Å². The number of likely N-dealkylation sites (tertiary alicyclic amines) is 1. The first-order valence-corrected chi connectivity index (χ1v) is 7.99. The quantitative estimate of drug-likeness (QED) is 0.737. The van der Waals surface area contributed by atoms with Crippen LogP contribution in [0.1, 0.15) is 23.8 Å². The minimum Gasteiger partial charge on any atom is -0.339 e. The summed E-state index contributed by atoms with van der Waals surface area (Å²) in [6, 6.07) is 10.5. The predicted octanol–water partition coefficient (Wildman–Crippen LogP) is 3.26. The summed E-state index contributed by atoms with van der Waals surface area (Å²) < 4.78 is 18.7. The summed E-state index contributed by atoms with van der Waals surface area (Å²) in [6.45, 7) is 2.51. The van der Waals surface area contributed by atoms with Crippen LogP contribution in [0.15, 0.2) is 53.3 Å². The minimum absolute atomic E-state index is 0.193. The van der Waals surface area contributed by atoms with Gasteiger partial charge in [-0.15, -0.1) is 0 Å². The van der Waals surface area contributed by atoms with Crippen LogP contribution in [0.3, 0.4) is 0 Å². The second-order valence-electron chi connectivity index (χ2n) is 6.05. The van der Waals surface area contributed by atoms with Gasteiger partial charge in [0.25, 0.3) is 0 Å². The molecule has 1 aromatic carbocycles. The van der Waals surface area contributed by atoms with Crippen molar-refractivity contribution in [3.8, 4) is 11.4 Å². The van der Waals surface area contributed by atoms with Gasteiger partial charge in [0.1, 0.15) is 5.82 Å². The van der Waals surface area contributed by atoms with Gasteiger partial charge < -0.3 is 4.52 Å². The van der Waals surface area contributed by atoms with Crippen molar-refractivity contribution < 1.29 is 8.91 Å². The first-order valence-electron chi connectivity index (χ1n) is 7.99. The van der Waals surface area contributed by atoms with Gasteiger partial charge in [0.15, 0.2) is 0 Å². The van der Waals surface area contributed by atoms with E-state index in [-0.39, 0.29) is 11.7 Å². The maximum atomic E-state index is 13.3. The Balaban J connectivity index is 1.43. The van der Waals surface area contributed by atoms with Gasteiger partial charge in [-0.3, -0.25) is 9.88 Å². The lowest BCUT2D eigenvalue weighted by atomic mass is 10.1. The third-order valence-electron chi connectivity index (χ3n) is 4.28. The summed E-state index contributed by atoms with van der Waals surface area (Å²) in [4.78, 5) is 10.9. The summed E-state index contributed by atoms with van der Waals surface area (Å²) >= 11 is 0. The van der Waals surface area contributed by atoms with E-state index in [0.717, 1.165) is 37.2 Å². The maximum absolute atomic E-state index is 13.3. The second kappa shape index (κ2) is 6.49. The summed E-state index contributed by atoms with van der Waals surface area (Å²) in [5.74, 6) is 1.26. The van der Waals surface area contributed by atoms with Crippen LogP contribution in [0.4, 0.5) is 4.39 Å². The highest BCUT2D eigenvalue weighted by atomic mass is 19.1. The average molecular weight is 324 g/mol. The molecule has 0 spiro atoms. The fourth-order valence-corrected chi connectivity index (χ4v) is 3.08. The second-order valence-corrected chi connectivity index (χ2v) is 6.05. The number of rotatable bonds is 4. The molecule has 24 heavy (non-hydrogen) atoms. The van der Waals surface area contributed by atoms with Crippen molar-refractivity contribution in [2.75, 3.05) is 13.1 Å². The van der Waals surface area contributed by atoms with Gasteiger partial charge in [-0.2, -0.15) is 4.98 Å². The molecule has 6 heteroatoms. The van der Waals surface area contributed by atoms with Crippen LogP contribution in [0.25, 0.3) is 11.4 Å². The van der Waals surface area contributed by atoms with Crippen LogP contribution in [0.2, 0.25) is 0 Å². The molecule has 3 aromatic rings. The lowest BCUT2D eigenvalue weighted by molar-refractivity contribution is 0.309. The molecule has 0 amide bonds. The third kappa shape index (κ3) is 3.19. The topological polar surface area (TPSA) is 55.1 Å². The van der Waals surface area contributed by atoms with Crippen LogP contribution in [0, 0.1) is 5.82 Å². The average Bonchev–Trinajstić information content (AvgIpc) is 3.25. The molecule has 2 aromatic heterocycles. The highest BCUT2D eigenvalue weighted by Crippen LogP contribution is 2.28. The molecule has 0 saturated carbocycles. The number of nitrogens with zero attached hydrogens (tertiary/aromatic N) is 4. The van der Waals surface area contributed by atoms with Crippen LogP contribution in [0.5, 0.6) is 0 Å². The van der Waals surface area contributed by atoms with Crippen molar-refractivity contribution in [2.45, 2.75) is 18.9 Å². The SMILES string of the molecule is Fc1cccc(CN2CC[C@H](c3nc(-c4cccnc4)no3)C2)c1. The van der Waals surface area contributed by atoms with Gasteiger partial charge in [0.05, 0.1) is 5.92 Å². The molecule has 1 aliphatic rings. The van der Waals surface area contributed by atoms with E-state index in [0.29, 0.717) is 11.7 Å². The summed E-state index contributed by atoms with van der Waals surface area (Å²) in [6.07, 6.45) is 4.40. The number of benzene rings is 1. The Labute approximate surface area is 139 Å². The Kier molecular flexibility index (Phi) is 4.04. The summed E-state index contributed by atoms with van der Waals surface area (Å²) in [5, 5.41) is 4.06. The molecular weight excluding hydrogens is 307 g/mol. The largest absolute Gasteiger partial charge is 0.339 e.